The molecule has 0 aliphatic carbocycles. The zero-order chi connectivity index (χ0) is 19.8. The van der Waals surface area contributed by atoms with Gasteiger partial charge in [-0.2, -0.15) is 5.10 Å². The molecule has 1 N–H and O–H groups in total. The van der Waals surface area contributed by atoms with Crippen molar-refractivity contribution in [3.63, 3.8) is 0 Å². The van der Waals surface area contributed by atoms with Crippen molar-refractivity contribution in [2.75, 3.05) is 0 Å². The minimum Gasteiger partial charge on any atom is -0.305 e. The summed E-state index contributed by atoms with van der Waals surface area (Å²) in [5.41, 5.74) is 2.49. The molecule has 1 aromatic carbocycles. The second-order valence-corrected chi connectivity index (χ2v) is 8.36. The van der Waals surface area contributed by atoms with Crippen molar-refractivity contribution in [3.05, 3.63) is 81.6 Å². The zero-order valence-corrected chi connectivity index (χ0v) is 17.1. The van der Waals surface area contributed by atoms with Crippen LogP contribution in [0.3, 0.4) is 0 Å². The lowest BCUT2D eigenvalue weighted by Gasteiger charge is -2.03. The number of thiophene rings is 2. The summed E-state index contributed by atoms with van der Waals surface area (Å²) in [5, 5.41) is 9.01. The summed E-state index contributed by atoms with van der Waals surface area (Å²) in [4.78, 5) is 25.8. The van der Waals surface area contributed by atoms with Gasteiger partial charge in [-0.05, 0) is 35.2 Å². The molecule has 0 spiro atoms. The van der Waals surface area contributed by atoms with Crippen LogP contribution in [0.2, 0.25) is 0 Å². The normalized spacial score (nSPS) is 12.0. The molecule has 0 bridgehead atoms. The highest BCUT2D eigenvalue weighted by atomic mass is 35.5. The van der Waals surface area contributed by atoms with Crippen LogP contribution in [0.25, 0.3) is 37.5 Å². The first-order valence-corrected chi connectivity index (χ1v) is 10.7. The largest absolute Gasteiger partial charge is 0.305 e. The third-order valence-corrected chi connectivity index (χ3v) is 6.39. The number of rotatable bonds is 4. The molecule has 9 heteroatoms. The zero-order valence-electron chi connectivity index (χ0n) is 14.7. The van der Waals surface area contributed by atoms with Crippen LogP contribution in [-0.4, -0.2) is 24.7 Å². The van der Waals surface area contributed by atoms with Crippen molar-refractivity contribution < 1.29 is 0 Å². The lowest BCUT2D eigenvalue weighted by Crippen LogP contribution is -2.10. The number of fused-ring (bicyclic) bond motifs is 1. The molecule has 4 aromatic heterocycles. The van der Waals surface area contributed by atoms with Crippen LogP contribution in [0.4, 0.5) is 0 Å². The maximum absolute atomic E-state index is 12.7. The minimum absolute atomic E-state index is 0.192. The fourth-order valence-corrected chi connectivity index (χ4v) is 4.93. The van der Waals surface area contributed by atoms with Crippen molar-refractivity contribution in [2.45, 2.75) is 0 Å². The summed E-state index contributed by atoms with van der Waals surface area (Å²) in [7, 11) is 0. The number of H-pyrrole nitrogens is 1. The molecule has 142 valence electrons. The molecule has 0 amide bonds. The Bertz CT molecular complexity index is 1370. The second-order valence-electron chi connectivity index (χ2n) is 6.15. The first kappa shape index (κ1) is 18.0. The molecule has 5 rings (SSSR count). The van der Waals surface area contributed by atoms with E-state index >= 15 is 0 Å². The van der Waals surface area contributed by atoms with Crippen LogP contribution >= 0.6 is 34.3 Å². The monoisotopic (exact) mass is 437 g/mol. The van der Waals surface area contributed by atoms with Gasteiger partial charge in [0.15, 0.2) is 5.82 Å². The number of halogens is 1. The average molecular weight is 438 g/mol. The Labute approximate surface area is 177 Å². The third kappa shape index (κ3) is 3.42. The van der Waals surface area contributed by atoms with E-state index in [0.717, 1.165) is 21.7 Å². The Kier molecular flexibility index (Phi) is 4.59. The smallest absolute Gasteiger partial charge is 0.260 e. The molecular weight excluding hydrogens is 426 g/mol. The Morgan fingerprint density at radius 1 is 1.17 bits per heavy atom. The number of nitrogens with zero attached hydrogens (tertiary/aromatic N) is 4. The number of hydrogen-bond donors (Lipinski definition) is 1. The van der Waals surface area contributed by atoms with Crippen molar-refractivity contribution in [3.8, 4) is 16.1 Å². The maximum atomic E-state index is 12.7. The standard InChI is InChI=1S/C20H12ClN5OS2/c21-15(8-12-3-5-13(6-4-12)26-11-22-10-23-26)18-24-19(27)17-14(9-29-20(17)25-18)16-2-1-7-28-16/h1-11H,(H,24,25,27)/b15-8+. The van der Waals surface area contributed by atoms with Crippen LogP contribution in [0.1, 0.15) is 11.4 Å². The van der Waals surface area contributed by atoms with Gasteiger partial charge in [-0.1, -0.05) is 29.8 Å². The molecule has 0 saturated carbocycles. The van der Waals surface area contributed by atoms with Crippen molar-refractivity contribution in [1.29, 1.82) is 0 Å². The Morgan fingerprint density at radius 3 is 2.76 bits per heavy atom. The van der Waals surface area contributed by atoms with Gasteiger partial charge in [0.05, 0.1) is 16.1 Å². The first-order chi connectivity index (χ1) is 14.2. The summed E-state index contributed by atoms with van der Waals surface area (Å²) in [6.07, 6.45) is 4.88. The highest BCUT2D eigenvalue weighted by Crippen LogP contribution is 2.34. The summed E-state index contributed by atoms with van der Waals surface area (Å²) in [6, 6.07) is 11.6. The lowest BCUT2D eigenvalue weighted by atomic mass is 10.2. The van der Waals surface area contributed by atoms with Gasteiger partial charge in [0, 0.05) is 15.8 Å². The lowest BCUT2D eigenvalue weighted by molar-refractivity contribution is 0.879. The van der Waals surface area contributed by atoms with Gasteiger partial charge in [-0.15, -0.1) is 22.7 Å². The summed E-state index contributed by atoms with van der Waals surface area (Å²) < 4.78 is 1.67. The van der Waals surface area contributed by atoms with E-state index in [1.807, 2.05) is 47.2 Å². The minimum atomic E-state index is -0.192. The highest BCUT2D eigenvalue weighted by Gasteiger charge is 2.14. The third-order valence-electron chi connectivity index (χ3n) is 4.33. The molecule has 29 heavy (non-hydrogen) atoms. The number of aromatic nitrogens is 5. The average Bonchev–Trinajstić information content (AvgIpc) is 3.48. The highest BCUT2D eigenvalue weighted by molar-refractivity contribution is 7.18. The molecular formula is C20H12ClN5OS2. The fourth-order valence-electron chi connectivity index (χ4n) is 2.95. The van der Waals surface area contributed by atoms with Crippen LogP contribution in [0.15, 0.2) is 64.6 Å². The fraction of sp³-hybridized carbons (Fsp3) is 0. The molecule has 0 radical (unpaired) electrons. The molecule has 6 nitrogen and oxygen atoms in total. The molecule has 0 fully saturated rings. The van der Waals surface area contributed by atoms with Crippen molar-refractivity contribution >= 4 is 55.6 Å². The summed E-state index contributed by atoms with van der Waals surface area (Å²) >= 11 is 9.50. The summed E-state index contributed by atoms with van der Waals surface area (Å²) in [5.74, 6) is 0.351. The quantitative estimate of drug-likeness (QED) is 0.427. The Hall–Kier alpha value is -3.07. The Balaban J connectivity index is 1.49. The predicted molar refractivity (Wildman–Crippen MR) is 119 cm³/mol. The maximum Gasteiger partial charge on any atom is 0.260 e. The Morgan fingerprint density at radius 2 is 2.03 bits per heavy atom. The van der Waals surface area contributed by atoms with Gasteiger partial charge >= 0.3 is 0 Å². The van der Waals surface area contributed by atoms with Gasteiger partial charge in [0.1, 0.15) is 17.5 Å². The van der Waals surface area contributed by atoms with Crippen LogP contribution < -0.4 is 5.56 Å². The molecule has 0 atom stereocenters. The van der Waals surface area contributed by atoms with Gasteiger partial charge < -0.3 is 4.98 Å². The van der Waals surface area contributed by atoms with E-state index in [1.165, 1.54) is 17.7 Å². The second kappa shape index (κ2) is 7.40. The van der Waals surface area contributed by atoms with Crippen LogP contribution in [-0.2, 0) is 0 Å². The molecule has 0 aliphatic heterocycles. The van der Waals surface area contributed by atoms with Crippen LogP contribution in [0.5, 0.6) is 0 Å². The van der Waals surface area contributed by atoms with Crippen LogP contribution in [0, 0.1) is 0 Å². The number of benzene rings is 1. The molecule has 4 heterocycles. The molecule has 0 unspecified atom stereocenters. The first-order valence-electron chi connectivity index (χ1n) is 8.57. The summed E-state index contributed by atoms with van der Waals surface area (Å²) in [6.45, 7) is 0. The number of nitrogens with one attached hydrogen (secondary N) is 1. The van der Waals surface area contributed by atoms with Gasteiger partial charge in [-0.3, -0.25) is 4.79 Å². The number of hydrogen-bond acceptors (Lipinski definition) is 6. The molecule has 0 aliphatic rings. The SMILES string of the molecule is O=c1[nH]c(/C(Cl)=C\c2ccc(-n3cncn3)cc2)nc2scc(-c3cccs3)c12. The van der Waals surface area contributed by atoms with Gasteiger partial charge in [0.2, 0.25) is 0 Å². The van der Waals surface area contributed by atoms with Crippen molar-refractivity contribution in [2.24, 2.45) is 0 Å². The van der Waals surface area contributed by atoms with E-state index in [9.17, 15) is 4.79 Å². The predicted octanol–water partition coefficient (Wildman–Crippen LogP) is 5.03. The van der Waals surface area contributed by atoms with E-state index in [0.29, 0.717) is 21.1 Å². The van der Waals surface area contributed by atoms with E-state index in [-0.39, 0.29) is 5.56 Å². The van der Waals surface area contributed by atoms with Gasteiger partial charge in [0.25, 0.3) is 5.56 Å². The van der Waals surface area contributed by atoms with E-state index in [1.54, 1.807) is 28.4 Å². The molecule has 5 aromatic rings. The van der Waals surface area contributed by atoms with E-state index in [4.69, 9.17) is 11.6 Å². The number of aromatic amines is 1. The topological polar surface area (TPSA) is 76.5 Å². The molecule has 0 saturated heterocycles. The van der Waals surface area contributed by atoms with E-state index < -0.39 is 0 Å². The van der Waals surface area contributed by atoms with Gasteiger partial charge in [-0.25, -0.2) is 14.6 Å². The van der Waals surface area contributed by atoms with E-state index in [2.05, 4.69) is 20.1 Å². The van der Waals surface area contributed by atoms with Crippen molar-refractivity contribution in [1.82, 2.24) is 24.7 Å².